The van der Waals surface area contributed by atoms with Crippen molar-refractivity contribution >= 4 is 45.4 Å². The molecule has 0 spiro atoms. The predicted octanol–water partition coefficient (Wildman–Crippen LogP) is 4.81. The van der Waals surface area contributed by atoms with Crippen molar-refractivity contribution in [1.82, 2.24) is 9.55 Å². The molecule has 0 aliphatic heterocycles. The number of para-hydroxylation sites is 2. The maximum absolute atomic E-state index is 11.9. The third kappa shape index (κ3) is 2.95. The largest absolute Gasteiger partial charge is 0.506 e. The summed E-state index contributed by atoms with van der Waals surface area (Å²) in [6.45, 7) is 2.88. The lowest BCUT2D eigenvalue weighted by Gasteiger charge is -2.08. The quantitative estimate of drug-likeness (QED) is 0.402. The van der Waals surface area contributed by atoms with Crippen LogP contribution in [0.1, 0.15) is 12.5 Å². The van der Waals surface area contributed by atoms with Crippen LogP contribution in [0.4, 0.5) is 0 Å². The molecule has 0 fully saturated rings. The Morgan fingerprint density at radius 2 is 2.08 bits per heavy atom. The number of rotatable bonds is 4. The summed E-state index contributed by atoms with van der Waals surface area (Å²) in [6.07, 6.45) is 0. The summed E-state index contributed by atoms with van der Waals surface area (Å²) in [7, 11) is 0. The molecule has 5 nitrogen and oxygen atoms in total. The maximum atomic E-state index is 11.9. The van der Waals surface area contributed by atoms with Gasteiger partial charge in [-0.3, -0.25) is 0 Å². The van der Waals surface area contributed by atoms with Gasteiger partial charge < -0.3 is 14.1 Å². The van der Waals surface area contributed by atoms with E-state index < -0.39 is 5.63 Å². The zero-order valence-corrected chi connectivity index (χ0v) is 15.5. The van der Waals surface area contributed by atoms with E-state index in [1.54, 1.807) is 17.8 Å². The lowest BCUT2D eigenvalue weighted by Crippen LogP contribution is -2.01. The summed E-state index contributed by atoms with van der Waals surface area (Å²) in [6, 6.07) is 12.4. The zero-order chi connectivity index (χ0) is 18.3. The summed E-state index contributed by atoms with van der Waals surface area (Å²) in [4.78, 5) is 16.6. The smallest absolute Gasteiger partial charge is 0.336 e. The molecule has 0 saturated heterocycles. The molecule has 2 heterocycles. The lowest BCUT2D eigenvalue weighted by atomic mass is 10.1. The second kappa shape index (κ2) is 6.70. The number of phenols is 1. The standard InChI is InChI=1S/C19H15ClN2O3S/c1-2-22-15-6-4-3-5-14(15)21-19(22)26-10-11-7-18(24)25-17-9-16(23)13(20)8-12(11)17/h3-9,23H,2,10H2,1H3. The number of aryl methyl sites for hydroxylation is 1. The van der Waals surface area contributed by atoms with Gasteiger partial charge in [0.15, 0.2) is 5.16 Å². The summed E-state index contributed by atoms with van der Waals surface area (Å²) < 4.78 is 7.32. The van der Waals surface area contributed by atoms with Crippen molar-refractivity contribution in [2.45, 2.75) is 24.4 Å². The molecule has 0 aliphatic rings. The van der Waals surface area contributed by atoms with Crippen LogP contribution >= 0.6 is 23.4 Å². The second-order valence-corrected chi connectivity index (χ2v) is 7.16. The number of thioether (sulfide) groups is 1. The van der Waals surface area contributed by atoms with Gasteiger partial charge in [-0.05, 0) is 30.7 Å². The molecule has 0 aliphatic carbocycles. The van der Waals surface area contributed by atoms with Crippen molar-refractivity contribution in [3.8, 4) is 5.75 Å². The van der Waals surface area contributed by atoms with Crippen LogP contribution in [0.25, 0.3) is 22.0 Å². The third-order valence-corrected chi connectivity index (χ3v) is 5.52. The second-order valence-electron chi connectivity index (χ2n) is 5.81. The van der Waals surface area contributed by atoms with Gasteiger partial charge in [0.05, 0.1) is 16.1 Å². The highest BCUT2D eigenvalue weighted by Crippen LogP contribution is 2.33. The van der Waals surface area contributed by atoms with Gasteiger partial charge in [-0.25, -0.2) is 9.78 Å². The first-order valence-electron chi connectivity index (χ1n) is 8.10. The van der Waals surface area contributed by atoms with Crippen molar-refractivity contribution in [2.75, 3.05) is 0 Å². The fraction of sp³-hybridized carbons (Fsp3) is 0.158. The SMILES string of the molecule is CCn1c(SCc2cc(=O)oc3cc(O)c(Cl)cc23)nc2ccccc21. The van der Waals surface area contributed by atoms with E-state index in [-0.39, 0.29) is 10.8 Å². The average molecular weight is 387 g/mol. The third-order valence-electron chi connectivity index (χ3n) is 4.19. The minimum absolute atomic E-state index is 0.111. The first-order chi connectivity index (χ1) is 12.6. The van der Waals surface area contributed by atoms with Gasteiger partial charge in [-0.1, -0.05) is 35.5 Å². The van der Waals surface area contributed by atoms with E-state index >= 15 is 0 Å². The number of benzene rings is 2. The van der Waals surface area contributed by atoms with Crippen LogP contribution in [-0.2, 0) is 12.3 Å². The number of aromatic hydroxyl groups is 1. The van der Waals surface area contributed by atoms with Gasteiger partial charge in [-0.15, -0.1) is 0 Å². The molecular weight excluding hydrogens is 372 g/mol. The normalized spacial score (nSPS) is 11.5. The highest BCUT2D eigenvalue weighted by molar-refractivity contribution is 7.98. The van der Waals surface area contributed by atoms with Gasteiger partial charge in [0.25, 0.3) is 0 Å². The van der Waals surface area contributed by atoms with Crippen LogP contribution < -0.4 is 5.63 Å². The molecule has 4 aromatic rings. The molecule has 26 heavy (non-hydrogen) atoms. The van der Waals surface area contributed by atoms with E-state index in [1.807, 2.05) is 24.3 Å². The van der Waals surface area contributed by atoms with E-state index in [4.69, 9.17) is 21.0 Å². The predicted molar refractivity (Wildman–Crippen MR) is 104 cm³/mol. The molecule has 0 radical (unpaired) electrons. The monoisotopic (exact) mass is 386 g/mol. The van der Waals surface area contributed by atoms with Crippen molar-refractivity contribution < 1.29 is 9.52 Å². The lowest BCUT2D eigenvalue weighted by molar-refractivity contribution is 0.473. The number of nitrogens with zero attached hydrogens (tertiary/aromatic N) is 2. The number of hydrogen-bond donors (Lipinski definition) is 1. The summed E-state index contributed by atoms with van der Waals surface area (Å²) in [5.41, 5.74) is 2.68. The molecule has 2 aromatic carbocycles. The fourth-order valence-electron chi connectivity index (χ4n) is 2.97. The van der Waals surface area contributed by atoms with Crippen LogP contribution in [0.15, 0.2) is 56.8 Å². The molecule has 4 rings (SSSR count). The Labute approximate surface area is 158 Å². The number of halogens is 1. The van der Waals surface area contributed by atoms with E-state index in [0.717, 1.165) is 28.3 Å². The van der Waals surface area contributed by atoms with E-state index in [1.165, 1.54) is 12.1 Å². The number of imidazole rings is 1. The Hall–Kier alpha value is -2.44. The summed E-state index contributed by atoms with van der Waals surface area (Å²) in [5.74, 6) is 0.423. The summed E-state index contributed by atoms with van der Waals surface area (Å²) in [5, 5.41) is 11.6. The van der Waals surface area contributed by atoms with Crippen LogP contribution in [0, 0.1) is 0 Å². The molecular formula is C19H15ClN2O3S. The first kappa shape index (κ1) is 17.0. The Morgan fingerprint density at radius 1 is 1.27 bits per heavy atom. The molecule has 0 bridgehead atoms. The van der Waals surface area contributed by atoms with Crippen LogP contribution in [0.3, 0.4) is 0 Å². The summed E-state index contributed by atoms with van der Waals surface area (Å²) >= 11 is 7.57. The van der Waals surface area contributed by atoms with Crippen LogP contribution in [0.5, 0.6) is 5.75 Å². The van der Waals surface area contributed by atoms with Crippen molar-refractivity contribution in [2.24, 2.45) is 0 Å². The highest BCUT2D eigenvalue weighted by atomic mass is 35.5. The highest BCUT2D eigenvalue weighted by Gasteiger charge is 2.13. The van der Waals surface area contributed by atoms with Gasteiger partial charge in [-0.2, -0.15) is 0 Å². The van der Waals surface area contributed by atoms with Crippen LogP contribution in [-0.4, -0.2) is 14.7 Å². The Balaban J connectivity index is 1.75. The van der Waals surface area contributed by atoms with Gasteiger partial charge in [0.1, 0.15) is 11.3 Å². The van der Waals surface area contributed by atoms with Gasteiger partial charge in [0.2, 0.25) is 0 Å². The molecule has 2 aromatic heterocycles. The Kier molecular flexibility index (Phi) is 4.38. The number of aromatic nitrogens is 2. The van der Waals surface area contributed by atoms with E-state index in [0.29, 0.717) is 16.7 Å². The molecule has 132 valence electrons. The molecule has 0 unspecified atom stereocenters. The number of fused-ring (bicyclic) bond motifs is 2. The van der Waals surface area contributed by atoms with Crippen LogP contribution in [0.2, 0.25) is 5.02 Å². The molecule has 0 amide bonds. The zero-order valence-electron chi connectivity index (χ0n) is 13.9. The van der Waals surface area contributed by atoms with Gasteiger partial charge in [0, 0.05) is 29.8 Å². The Bertz CT molecular complexity index is 1180. The minimum atomic E-state index is -0.459. The van der Waals surface area contributed by atoms with E-state index in [9.17, 15) is 9.90 Å². The molecule has 1 N–H and O–H groups in total. The number of phenolic OH excluding ortho intramolecular Hbond substituents is 1. The van der Waals surface area contributed by atoms with Crippen molar-refractivity contribution in [1.29, 1.82) is 0 Å². The molecule has 7 heteroatoms. The number of hydrogen-bond acceptors (Lipinski definition) is 5. The molecule has 0 saturated carbocycles. The first-order valence-corrected chi connectivity index (χ1v) is 9.46. The average Bonchev–Trinajstić information content (AvgIpc) is 2.98. The van der Waals surface area contributed by atoms with Gasteiger partial charge >= 0.3 is 5.63 Å². The minimum Gasteiger partial charge on any atom is -0.506 e. The molecule has 0 atom stereocenters. The Morgan fingerprint density at radius 3 is 2.88 bits per heavy atom. The van der Waals surface area contributed by atoms with Crippen molar-refractivity contribution in [3.05, 3.63) is 63.5 Å². The maximum Gasteiger partial charge on any atom is 0.336 e. The van der Waals surface area contributed by atoms with E-state index in [2.05, 4.69) is 11.5 Å². The topological polar surface area (TPSA) is 68.3 Å². The fourth-order valence-corrected chi connectivity index (χ4v) is 4.20. The van der Waals surface area contributed by atoms with Crippen molar-refractivity contribution in [3.63, 3.8) is 0 Å².